The molecule has 0 aromatic heterocycles. The van der Waals surface area contributed by atoms with Gasteiger partial charge in [-0.15, -0.1) is 0 Å². The van der Waals surface area contributed by atoms with Gasteiger partial charge < -0.3 is 9.84 Å². The molecule has 0 unspecified atom stereocenters. The van der Waals surface area contributed by atoms with Gasteiger partial charge in [0.2, 0.25) is 0 Å². The second kappa shape index (κ2) is 4.67. The molecule has 0 spiro atoms. The molecule has 0 saturated heterocycles. The second-order valence-corrected chi connectivity index (χ2v) is 2.97. The van der Waals surface area contributed by atoms with Crippen LogP contribution in [0.15, 0.2) is 24.3 Å². The summed E-state index contributed by atoms with van der Waals surface area (Å²) in [4.78, 5) is 10.7. The Balaban J connectivity index is 2.83. The van der Waals surface area contributed by atoms with E-state index in [1.54, 1.807) is 18.2 Å². The van der Waals surface area contributed by atoms with Crippen LogP contribution < -0.4 is 0 Å². The Morgan fingerprint density at radius 2 is 2.29 bits per heavy atom. The Bertz CT molecular complexity index is 372. The molecule has 1 N–H and O–H groups in total. The number of methoxy groups -OCH3 is 1. The zero-order chi connectivity index (χ0) is 10.6. The minimum Gasteiger partial charge on any atom is -0.506 e. The summed E-state index contributed by atoms with van der Waals surface area (Å²) < 4.78 is 4.42. The number of rotatable bonds is 2. The van der Waals surface area contributed by atoms with Crippen molar-refractivity contribution >= 4 is 23.6 Å². The number of carbonyl (C=O) groups excluding carboxylic acids is 1. The fourth-order valence-electron chi connectivity index (χ4n) is 0.859. The van der Waals surface area contributed by atoms with E-state index in [0.717, 1.165) is 5.56 Å². The van der Waals surface area contributed by atoms with Crippen molar-refractivity contribution in [3.05, 3.63) is 34.9 Å². The minimum atomic E-state index is -0.436. The molecule has 0 saturated carbocycles. The Morgan fingerprint density at radius 3 is 2.86 bits per heavy atom. The van der Waals surface area contributed by atoms with Crippen LogP contribution in [0.1, 0.15) is 5.56 Å². The summed E-state index contributed by atoms with van der Waals surface area (Å²) in [5.74, 6) is -0.420. The van der Waals surface area contributed by atoms with Gasteiger partial charge in [0.1, 0.15) is 5.75 Å². The molecule has 0 aliphatic carbocycles. The SMILES string of the molecule is COC(=O)/C=C/c1ccc(O)c(Cl)c1. The first-order valence-corrected chi connectivity index (χ1v) is 4.26. The number of ether oxygens (including phenoxy) is 1. The molecule has 0 heterocycles. The summed E-state index contributed by atoms with van der Waals surface area (Å²) in [5.41, 5.74) is 0.721. The van der Waals surface area contributed by atoms with Crippen LogP contribution in [0.5, 0.6) is 5.75 Å². The van der Waals surface area contributed by atoms with Crippen LogP contribution in [-0.4, -0.2) is 18.2 Å². The largest absolute Gasteiger partial charge is 0.506 e. The normalized spacial score (nSPS) is 10.4. The smallest absolute Gasteiger partial charge is 0.330 e. The lowest BCUT2D eigenvalue weighted by molar-refractivity contribution is -0.134. The molecule has 0 radical (unpaired) electrons. The summed E-state index contributed by atoms with van der Waals surface area (Å²) in [6.07, 6.45) is 2.83. The van der Waals surface area contributed by atoms with Crippen molar-refractivity contribution in [1.82, 2.24) is 0 Å². The van der Waals surface area contributed by atoms with Gasteiger partial charge in [-0.1, -0.05) is 17.7 Å². The molecular weight excluding hydrogens is 204 g/mol. The maximum atomic E-state index is 10.7. The predicted octanol–water partition coefficient (Wildman–Crippen LogP) is 2.23. The van der Waals surface area contributed by atoms with Crippen molar-refractivity contribution in [3.8, 4) is 5.75 Å². The van der Waals surface area contributed by atoms with Crippen molar-refractivity contribution in [2.24, 2.45) is 0 Å². The molecule has 74 valence electrons. The Kier molecular flexibility index (Phi) is 3.54. The zero-order valence-corrected chi connectivity index (χ0v) is 8.28. The maximum Gasteiger partial charge on any atom is 0.330 e. The summed E-state index contributed by atoms with van der Waals surface area (Å²) in [7, 11) is 1.30. The number of benzene rings is 1. The van der Waals surface area contributed by atoms with Crippen LogP contribution in [0.25, 0.3) is 6.08 Å². The lowest BCUT2D eigenvalue weighted by Crippen LogP contribution is -1.93. The van der Waals surface area contributed by atoms with E-state index >= 15 is 0 Å². The Morgan fingerprint density at radius 1 is 1.57 bits per heavy atom. The van der Waals surface area contributed by atoms with Crippen LogP contribution in [0, 0.1) is 0 Å². The molecule has 0 bridgehead atoms. The van der Waals surface area contributed by atoms with E-state index in [4.69, 9.17) is 16.7 Å². The lowest BCUT2D eigenvalue weighted by atomic mass is 10.2. The van der Waals surface area contributed by atoms with Gasteiger partial charge in [-0.3, -0.25) is 0 Å². The molecule has 0 amide bonds. The average molecular weight is 213 g/mol. The molecule has 4 heteroatoms. The van der Waals surface area contributed by atoms with Crippen molar-refractivity contribution < 1.29 is 14.6 Å². The summed E-state index contributed by atoms with van der Waals surface area (Å²) >= 11 is 5.66. The zero-order valence-electron chi connectivity index (χ0n) is 7.53. The van der Waals surface area contributed by atoms with Crippen molar-refractivity contribution in [3.63, 3.8) is 0 Å². The van der Waals surface area contributed by atoms with Crippen LogP contribution in [0.3, 0.4) is 0 Å². The Hall–Kier alpha value is -1.48. The fourth-order valence-corrected chi connectivity index (χ4v) is 1.05. The number of halogens is 1. The van der Waals surface area contributed by atoms with E-state index < -0.39 is 5.97 Å². The predicted molar refractivity (Wildman–Crippen MR) is 54.2 cm³/mol. The number of phenolic OH excluding ortho intramolecular Hbond substituents is 1. The molecule has 0 aliphatic heterocycles. The van der Waals surface area contributed by atoms with Crippen LogP contribution in [0.4, 0.5) is 0 Å². The minimum absolute atomic E-state index is 0.0156. The first-order chi connectivity index (χ1) is 6.63. The van der Waals surface area contributed by atoms with Crippen LogP contribution in [-0.2, 0) is 9.53 Å². The number of aromatic hydroxyl groups is 1. The maximum absolute atomic E-state index is 10.7. The van der Waals surface area contributed by atoms with Gasteiger partial charge in [0.05, 0.1) is 12.1 Å². The number of hydrogen-bond donors (Lipinski definition) is 1. The summed E-state index contributed by atoms with van der Waals surface area (Å²) in [6.45, 7) is 0. The van der Waals surface area contributed by atoms with E-state index in [1.807, 2.05) is 0 Å². The molecule has 0 fully saturated rings. The average Bonchev–Trinajstić information content (AvgIpc) is 2.19. The van der Waals surface area contributed by atoms with Crippen LogP contribution in [0.2, 0.25) is 5.02 Å². The van der Waals surface area contributed by atoms with E-state index in [9.17, 15) is 4.79 Å². The fraction of sp³-hybridized carbons (Fsp3) is 0.100. The van der Waals surface area contributed by atoms with E-state index in [-0.39, 0.29) is 10.8 Å². The molecular formula is C10H9ClO3. The van der Waals surface area contributed by atoms with Gasteiger partial charge >= 0.3 is 5.97 Å². The molecule has 14 heavy (non-hydrogen) atoms. The van der Waals surface area contributed by atoms with Crippen molar-refractivity contribution in [1.29, 1.82) is 0 Å². The topological polar surface area (TPSA) is 46.5 Å². The first kappa shape index (κ1) is 10.6. The third-order valence-electron chi connectivity index (χ3n) is 1.58. The van der Waals surface area contributed by atoms with E-state index in [2.05, 4.69) is 4.74 Å². The molecule has 1 aromatic carbocycles. The summed E-state index contributed by atoms with van der Waals surface area (Å²) in [5, 5.41) is 9.37. The van der Waals surface area contributed by atoms with E-state index in [0.29, 0.717) is 0 Å². The third kappa shape index (κ3) is 2.78. The second-order valence-electron chi connectivity index (χ2n) is 2.57. The van der Waals surface area contributed by atoms with E-state index in [1.165, 1.54) is 19.3 Å². The van der Waals surface area contributed by atoms with Gasteiger partial charge in [0, 0.05) is 6.08 Å². The monoisotopic (exact) mass is 212 g/mol. The van der Waals surface area contributed by atoms with Crippen molar-refractivity contribution in [2.45, 2.75) is 0 Å². The quantitative estimate of drug-likeness (QED) is 0.604. The van der Waals surface area contributed by atoms with Gasteiger partial charge in [-0.05, 0) is 23.8 Å². The molecule has 3 nitrogen and oxygen atoms in total. The first-order valence-electron chi connectivity index (χ1n) is 3.88. The molecule has 0 aliphatic rings. The Labute approximate surface area is 86.6 Å². The number of esters is 1. The number of hydrogen-bond acceptors (Lipinski definition) is 3. The number of phenols is 1. The third-order valence-corrected chi connectivity index (χ3v) is 1.89. The highest BCUT2D eigenvalue weighted by Gasteiger charge is 1.98. The lowest BCUT2D eigenvalue weighted by Gasteiger charge is -1.97. The van der Waals surface area contributed by atoms with Gasteiger partial charge in [0.25, 0.3) is 0 Å². The highest BCUT2D eigenvalue weighted by molar-refractivity contribution is 6.32. The number of carbonyl (C=O) groups is 1. The molecule has 1 aromatic rings. The highest BCUT2D eigenvalue weighted by Crippen LogP contribution is 2.23. The van der Waals surface area contributed by atoms with Crippen molar-refractivity contribution in [2.75, 3.05) is 7.11 Å². The standard InChI is InChI=1S/C10H9ClO3/c1-14-10(13)5-3-7-2-4-9(12)8(11)6-7/h2-6,12H,1H3/b5-3+. The van der Waals surface area contributed by atoms with Gasteiger partial charge in [-0.2, -0.15) is 0 Å². The molecule has 0 atom stereocenters. The summed E-state index contributed by atoms with van der Waals surface area (Å²) in [6, 6.07) is 4.65. The van der Waals surface area contributed by atoms with Crippen LogP contribution >= 0.6 is 11.6 Å². The van der Waals surface area contributed by atoms with Gasteiger partial charge in [-0.25, -0.2) is 4.79 Å². The van der Waals surface area contributed by atoms with Gasteiger partial charge in [0.15, 0.2) is 0 Å². The molecule has 1 rings (SSSR count). The highest BCUT2D eigenvalue weighted by atomic mass is 35.5.